The Balaban J connectivity index is 2.54. The molecule has 0 aromatic carbocycles. The van der Waals surface area contributed by atoms with Crippen LogP contribution in [0, 0.1) is 0 Å². The monoisotopic (exact) mass is 154 g/mol. The molecular formula is C8H16N3+. The molecule has 1 rings (SSSR count). The third kappa shape index (κ3) is 2.05. The Bertz CT molecular complexity index is 205. The molecule has 0 aliphatic carbocycles. The lowest BCUT2D eigenvalue weighted by molar-refractivity contribution is -0.775. The van der Waals surface area contributed by atoms with Crippen molar-refractivity contribution in [2.75, 3.05) is 6.54 Å². The molecular weight excluding hydrogens is 138 g/mol. The molecule has 62 valence electrons. The third-order valence-electron chi connectivity index (χ3n) is 1.76. The molecule has 0 aliphatic rings. The van der Waals surface area contributed by atoms with Gasteiger partial charge in [-0.2, -0.15) is 4.68 Å². The summed E-state index contributed by atoms with van der Waals surface area (Å²) in [5.74, 6) is 0. The van der Waals surface area contributed by atoms with Gasteiger partial charge in [0.25, 0.3) is 0 Å². The Morgan fingerprint density at radius 3 is 3.00 bits per heavy atom. The number of hydrogen-bond acceptors (Lipinski definition) is 1. The number of aromatic nitrogens is 2. The highest BCUT2D eigenvalue weighted by Gasteiger charge is 2.03. The SMILES string of the molecule is CCn1ccc[n+]1CCCN. The number of aryl methyl sites for hydroxylation is 2. The van der Waals surface area contributed by atoms with Crippen molar-refractivity contribution in [1.82, 2.24) is 4.68 Å². The van der Waals surface area contributed by atoms with E-state index in [2.05, 4.69) is 34.7 Å². The zero-order valence-electron chi connectivity index (χ0n) is 7.03. The second-order valence-corrected chi connectivity index (χ2v) is 2.55. The summed E-state index contributed by atoms with van der Waals surface area (Å²) in [5, 5.41) is 0. The van der Waals surface area contributed by atoms with E-state index in [1.54, 1.807) is 0 Å². The maximum atomic E-state index is 5.41. The quantitative estimate of drug-likeness (QED) is 0.615. The van der Waals surface area contributed by atoms with E-state index in [0.717, 1.165) is 26.1 Å². The Labute approximate surface area is 67.4 Å². The first-order chi connectivity index (χ1) is 5.38. The number of nitrogens with zero attached hydrogens (tertiary/aromatic N) is 2. The molecule has 3 heteroatoms. The molecule has 0 bridgehead atoms. The lowest BCUT2D eigenvalue weighted by Gasteiger charge is -1.97. The fourth-order valence-electron chi connectivity index (χ4n) is 1.15. The van der Waals surface area contributed by atoms with E-state index in [9.17, 15) is 0 Å². The molecule has 0 saturated carbocycles. The minimum Gasteiger partial charge on any atom is -0.330 e. The van der Waals surface area contributed by atoms with Crippen LogP contribution in [0.1, 0.15) is 13.3 Å². The first-order valence-corrected chi connectivity index (χ1v) is 4.13. The van der Waals surface area contributed by atoms with Gasteiger partial charge in [0.15, 0.2) is 12.7 Å². The van der Waals surface area contributed by atoms with Crippen molar-refractivity contribution in [3.8, 4) is 0 Å². The molecule has 0 spiro atoms. The van der Waals surface area contributed by atoms with Crippen LogP contribution in [0.4, 0.5) is 0 Å². The van der Waals surface area contributed by atoms with Crippen molar-refractivity contribution in [1.29, 1.82) is 0 Å². The van der Waals surface area contributed by atoms with Gasteiger partial charge in [-0.25, -0.2) is 0 Å². The molecule has 1 aromatic rings. The van der Waals surface area contributed by atoms with E-state index in [1.165, 1.54) is 0 Å². The van der Waals surface area contributed by atoms with Crippen LogP contribution < -0.4 is 10.4 Å². The van der Waals surface area contributed by atoms with Crippen molar-refractivity contribution >= 4 is 0 Å². The van der Waals surface area contributed by atoms with Gasteiger partial charge in [-0.1, -0.05) is 0 Å². The molecule has 0 fully saturated rings. The van der Waals surface area contributed by atoms with Crippen molar-refractivity contribution < 1.29 is 4.68 Å². The zero-order chi connectivity index (χ0) is 8.10. The predicted molar refractivity (Wildman–Crippen MR) is 44.0 cm³/mol. The van der Waals surface area contributed by atoms with Gasteiger partial charge in [0.05, 0.1) is 12.7 Å². The van der Waals surface area contributed by atoms with Crippen LogP contribution >= 0.6 is 0 Å². The second kappa shape index (κ2) is 4.13. The van der Waals surface area contributed by atoms with E-state index < -0.39 is 0 Å². The highest BCUT2D eigenvalue weighted by molar-refractivity contribution is 4.70. The van der Waals surface area contributed by atoms with Gasteiger partial charge in [0.1, 0.15) is 0 Å². The molecule has 11 heavy (non-hydrogen) atoms. The largest absolute Gasteiger partial charge is 0.330 e. The topological polar surface area (TPSA) is 34.8 Å². The lowest BCUT2D eigenvalue weighted by atomic mass is 10.4. The van der Waals surface area contributed by atoms with Gasteiger partial charge in [-0.05, 0) is 13.5 Å². The normalized spacial score (nSPS) is 10.4. The summed E-state index contributed by atoms with van der Waals surface area (Å²) in [5.41, 5.74) is 5.41. The molecule has 0 atom stereocenters. The maximum absolute atomic E-state index is 5.41. The van der Waals surface area contributed by atoms with Crippen molar-refractivity contribution in [3.63, 3.8) is 0 Å². The molecule has 3 nitrogen and oxygen atoms in total. The van der Waals surface area contributed by atoms with Gasteiger partial charge in [-0.15, -0.1) is 4.68 Å². The minimum atomic E-state index is 0.766. The highest BCUT2D eigenvalue weighted by atomic mass is 15.4. The van der Waals surface area contributed by atoms with Crippen LogP contribution in [0.5, 0.6) is 0 Å². The van der Waals surface area contributed by atoms with Crippen LogP contribution in [-0.2, 0) is 13.1 Å². The highest BCUT2D eigenvalue weighted by Crippen LogP contribution is 1.83. The number of hydrogen-bond donors (Lipinski definition) is 1. The first-order valence-electron chi connectivity index (χ1n) is 4.13. The third-order valence-corrected chi connectivity index (χ3v) is 1.76. The van der Waals surface area contributed by atoms with Crippen LogP contribution in [0.3, 0.4) is 0 Å². The minimum absolute atomic E-state index is 0.766. The first kappa shape index (κ1) is 8.27. The van der Waals surface area contributed by atoms with E-state index >= 15 is 0 Å². The molecule has 0 amide bonds. The molecule has 0 saturated heterocycles. The summed E-state index contributed by atoms with van der Waals surface area (Å²) >= 11 is 0. The molecule has 1 heterocycles. The van der Waals surface area contributed by atoms with Gasteiger partial charge in [0, 0.05) is 12.5 Å². The van der Waals surface area contributed by atoms with Gasteiger partial charge >= 0.3 is 0 Å². The van der Waals surface area contributed by atoms with Crippen molar-refractivity contribution in [3.05, 3.63) is 18.5 Å². The standard InChI is InChI=1S/C8H16N3/c1-2-10-7-4-8-11(10)6-3-5-9/h4,7-8H,2-3,5-6,9H2,1H3/q+1. The summed E-state index contributed by atoms with van der Waals surface area (Å²) in [6.07, 6.45) is 5.21. The van der Waals surface area contributed by atoms with Crippen LogP contribution in [0.15, 0.2) is 18.5 Å². The molecule has 0 radical (unpaired) electrons. The summed E-state index contributed by atoms with van der Waals surface area (Å²) < 4.78 is 4.36. The smallest absolute Gasteiger partial charge is 0.195 e. The summed E-state index contributed by atoms with van der Waals surface area (Å²) in [6, 6.07) is 2.06. The molecule has 0 aliphatic heterocycles. The Kier molecular flexibility index (Phi) is 3.11. The Hall–Kier alpha value is -0.830. The average Bonchev–Trinajstić information content (AvgIpc) is 2.47. The van der Waals surface area contributed by atoms with Gasteiger partial charge in [0.2, 0.25) is 0 Å². The van der Waals surface area contributed by atoms with Crippen LogP contribution in [0.2, 0.25) is 0 Å². The van der Waals surface area contributed by atoms with Gasteiger partial charge in [-0.3, -0.25) is 0 Å². The van der Waals surface area contributed by atoms with E-state index in [-0.39, 0.29) is 0 Å². The number of nitrogens with two attached hydrogens (primary N) is 1. The zero-order valence-corrected chi connectivity index (χ0v) is 7.03. The fraction of sp³-hybridized carbons (Fsp3) is 0.625. The summed E-state index contributed by atoms with van der Waals surface area (Å²) in [6.45, 7) is 4.95. The van der Waals surface area contributed by atoms with Crippen LogP contribution in [0.25, 0.3) is 0 Å². The number of rotatable bonds is 4. The fourth-order valence-corrected chi connectivity index (χ4v) is 1.15. The second-order valence-electron chi connectivity index (χ2n) is 2.55. The van der Waals surface area contributed by atoms with E-state index in [0.29, 0.717) is 0 Å². The summed E-state index contributed by atoms with van der Waals surface area (Å²) in [7, 11) is 0. The maximum Gasteiger partial charge on any atom is 0.195 e. The lowest BCUT2D eigenvalue weighted by Crippen LogP contribution is -2.42. The van der Waals surface area contributed by atoms with Crippen LogP contribution in [-0.4, -0.2) is 11.2 Å². The van der Waals surface area contributed by atoms with Crippen molar-refractivity contribution in [2.45, 2.75) is 26.4 Å². The molecule has 1 aromatic heterocycles. The van der Waals surface area contributed by atoms with E-state index in [4.69, 9.17) is 5.73 Å². The molecule has 2 N–H and O–H groups in total. The Morgan fingerprint density at radius 2 is 2.36 bits per heavy atom. The average molecular weight is 154 g/mol. The van der Waals surface area contributed by atoms with Crippen molar-refractivity contribution in [2.24, 2.45) is 5.73 Å². The molecule has 0 unspecified atom stereocenters. The van der Waals surface area contributed by atoms with Gasteiger partial charge < -0.3 is 5.73 Å². The summed E-state index contributed by atoms with van der Waals surface area (Å²) in [4.78, 5) is 0. The van der Waals surface area contributed by atoms with E-state index in [1.807, 2.05) is 0 Å². The predicted octanol–water partition coefficient (Wildman–Crippen LogP) is 0.144. The Morgan fingerprint density at radius 1 is 1.55 bits per heavy atom.